The first kappa shape index (κ1) is 15.8. The Morgan fingerprint density at radius 3 is 2.96 bits per heavy atom. The Balaban J connectivity index is 1.48. The van der Waals surface area contributed by atoms with E-state index in [9.17, 15) is 13.6 Å². The van der Waals surface area contributed by atoms with Gasteiger partial charge < -0.3 is 14.8 Å². The highest BCUT2D eigenvalue weighted by Gasteiger charge is 2.43. The number of hydrogen-bond donors (Lipinski definition) is 1. The van der Waals surface area contributed by atoms with Crippen LogP contribution in [-0.2, 0) is 12.8 Å². The summed E-state index contributed by atoms with van der Waals surface area (Å²) < 4.78 is 34.9. The van der Waals surface area contributed by atoms with Crippen LogP contribution in [-0.4, -0.2) is 23.2 Å². The first-order valence-corrected chi connectivity index (χ1v) is 8.14. The van der Waals surface area contributed by atoms with Gasteiger partial charge in [-0.05, 0) is 49.1 Å². The van der Waals surface area contributed by atoms with Crippen molar-refractivity contribution >= 4 is 5.91 Å². The van der Waals surface area contributed by atoms with E-state index in [1.54, 1.807) is 6.20 Å². The van der Waals surface area contributed by atoms with Crippen LogP contribution >= 0.6 is 0 Å². The molecule has 2 aliphatic rings. The summed E-state index contributed by atoms with van der Waals surface area (Å²) in [5, 5.41) is 2.97. The Labute approximate surface area is 143 Å². The van der Waals surface area contributed by atoms with Crippen LogP contribution in [0.15, 0.2) is 36.5 Å². The molecule has 1 aromatic carbocycles. The summed E-state index contributed by atoms with van der Waals surface area (Å²) in [6.45, 7) is 0. The Kier molecular flexibility index (Phi) is 3.78. The summed E-state index contributed by atoms with van der Waals surface area (Å²) in [7, 11) is 0. The number of rotatable bonds is 2. The van der Waals surface area contributed by atoms with Gasteiger partial charge in [0.25, 0.3) is 5.91 Å². The number of fused-ring (bicyclic) bond motifs is 2. The van der Waals surface area contributed by atoms with Crippen LogP contribution in [0, 0.1) is 0 Å². The topological polar surface area (TPSA) is 60.5 Å². The predicted octanol–water partition coefficient (Wildman–Crippen LogP) is 3.08. The van der Waals surface area contributed by atoms with Crippen molar-refractivity contribution in [3.05, 3.63) is 53.3 Å². The van der Waals surface area contributed by atoms with E-state index in [0.717, 1.165) is 25.0 Å². The molecule has 4 rings (SSSR count). The van der Waals surface area contributed by atoms with Crippen LogP contribution < -0.4 is 14.8 Å². The number of carbonyl (C=O) groups is 1. The summed E-state index contributed by atoms with van der Waals surface area (Å²) in [4.78, 5) is 16.9. The first-order valence-electron chi connectivity index (χ1n) is 8.14. The van der Waals surface area contributed by atoms with Crippen molar-refractivity contribution in [1.82, 2.24) is 10.3 Å². The second-order valence-electron chi connectivity index (χ2n) is 6.20. The summed E-state index contributed by atoms with van der Waals surface area (Å²) in [6.07, 6.45) is 1.45. The van der Waals surface area contributed by atoms with Crippen molar-refractivity contribution in [1.29, 1.82) is 0 Å². The predicted molar refractivity (Wildman–Crippen MR) is 84.8 cm³/mol. The maximum absolute atomic E-state index is 13.1. The number of nitrogens with zero attached hydrogens (tertiary/aromatic N) is 1. The van der Waals surface area contributed by atoms with E-state index < -0.39 is 6.29 Å². The molecule has 0 saturated carbocycles. The van der Waals surface area contributed by atoms with E-state index in [1.807, 2.05) is 6.07 Å². The molecule has 2 aromatic rings. The molecule has 1 amide bonds. The Morgan fingerprint density at radius 1 is 1.24 bits per heavy atom. The molecule has 1 aliphatic carbocycles. The van der Waals surface area contributed by atoms with Crippen molar-refractivity contribution in [2.45, 2.75) is 38.0 Å². The fourth-order valence-electron chi connectivity index (χ4n) is 3.24. The van der Waals surface area contributed by atoms with E-state index in [0.29, 0.717) is 6.42 Å². The molecule has 0 fully saturated rings. The molecule has 0 radical (unpaired) electrons. The van der Waals surface area contributed by atoms with Crippen LogP contribution in [0.2, 0.25) is 0 Å². The number of halogens is 2. The minimum Gasteiger partial charge on any atom is -0.395 e. The largest absolute Gasteiger partial charge is 0.586 e. The van der Waals surface area contributed by atoms with E-state index in [-0.39, 0.29) is 29.0 Å². The van der Waals surface area contributed by atoms with Gasteiger partial charge in [-0.1, -0.05) is 6.07 Å². The normalized spacial score (nSPS) is 20.5. The molecule has 130 valence electrons. The summed E-state index contributed by atoms with van der Waals surface area (Å²) >= 11 is 0. The fraction of sp³-hybridized carbons (Fsp3) is 0.333. The number of carbonyl (C=O) groups excluding carboxylic acids is 1. The Bertz CT molecular complexity index is 826. The summed E-state index contributed by atoms with van der Waals surface area (Å²) in [5.74, 6) is -0.536. The maximum Gasteiger partial charge on any atom is 0.586 e. The highest BCUT2D eigenvalue weighted by atomic mass is 19.3. The number of hydrogen-bond acceptors (Lipinski definition) is 4. The zero-order valence-electron chi connectivity index (χ0n) is 13.3. The minimum absolute atomic E-state index is 0.0458. The lowest BCUT2D eigenvalue weighted by molar-refractivity contribution is -0.286. The van der Waals surface area contributed by atoms with Gasteiger partial charge in [-0.15, -0.1) is 8.78 Å². The molecule has 0 bridgehead atoms. The highest BCUT2D eigenvalue weighted by molar-refractivity contribution is 5.95. The summed E-state index contributed by atoms with van der Waals surface area (Å²) in [6, 6.07) is 7.96. The standard InChI is InChI=1S/C18H16F2N2O3/c19-18(20)24-15-7-6-12(9-16(15)25-18)17(23)22-13-5-1-3-11-4-2-8-21-14(11)10-13/h2,4,6-9,13H,1,3,5,10H2,(H,22,23). The lowest BCUT2D eigenvalue weighted by atomic mass is 10.1. The number of aromatic nitrogens is 1. The van der Waals surface area contributed by atoms with Crippen LogP contribution in [0.4, 0.5) is 8.78 Å². The third kappa shape index (κ3) is 3.26. The number of amides is 1. The molecule has 1 unspecified atom stereocenters. The molecular formula is C18H16F2N2O3. The lowest BCUT2D eigenvalue weighted by Gasteiger charge is -2.16. The SMILES string of the molecule is O=C(NC1CCCc2cccnc2C1)c1ccc2c(c1)OC(F)(F)O2. The van der Waals surface area contributed by atoms with Crippen molar-refractivity contribution < 1.29 is 23.0 Å². The molecule has 1 atom stereocenters. The third-order valence-corrected chi connectivity index (χ3v) is 4.42. The zero-order chi connectivity index (χ0) is 17.4. The van der Waals surface area contributed by atoms with E-state index in [2.05, 4.69) is 25.8 Å². The van der Waals surface area contributed by atoms with Gasteiger partial charge in [0.1, 0.15) is 0 Å². The van der Waals surface area contributed by atoms with Crippen molar-refractivity contribution in [3.63, 3.8) is 0 Å². The van der Waals surface area contributed by atoms with Crippen molar-refractivity contribution in [3.8, 4) is 11.5 Å². The van der Waals surface area contributed by atoms with Crippen LogP contribution in [0.5, 0.6) is 11.5 Å². The van der Waals surface area contributed by atoms with Gasteiger partial charge in [0, 0.05) is 29.9 Å². The van der Waals surface area contributed by atoms with E-state index in [1.165, 1.54) is 23.8 Å². The Morgan fingerprint density at radius 2 is 2.08 bits per heavy atom. The second-order valence-corrected chi connectivity index (χ2v) is 6.20. The molecule has 0 saturated heterocycles. The van der Waals surface area contributed by atoms with Gasteiger partial charge in [0.15, 0.2) is 11.5 Å². The molecule has 1 aliphatic heterocycles. The number of ether oxygens (including phenoxy) is 2. The summed E-state index contributed by atoms with van der Waals surface area (Å²) in [5.41, 5.74) is 2.46. The molecule has 25 heavy (non-hydrogen) atoms. The van der Waals surface area contributed by atoms with Crippen LogP contribution in [0.3, 0.4) is 0 Å². The number of aryl methyl sites for hydroxylation is 1. The van der Waals surface area contributed by atoms with Gasteiger partial charge in [0.05, 0.1) is 0 Å². The van der Waals surface area contributed by atoms with Gasteiger partial charge in [-0.3, -0.25) is 9.78 Å². The number of pyridine rings is 1. The van der Waals surface area contributed by atoms with Crippen molar-refractivity contribution in [2.24, 2.45) is 0 Å². The van der Waals surface area contributed by atoms with Crippen LogP contribution in [0.25, 0.3) is 0 Å². The molecule has 1 N–H and O–H groups in total. The number of nitrogens with one attached hydrogen (secondary N) is 1. The van der Waals surface area contributed by atoms with E-state index in [4.69, 9.17) is 0 Å². The molecular weight excluding hydrogens is 330 g/mol. The number of alkyl halides is 2. The number of benzene rings is 1. The van der Waals surface area contributed by atoms with Gasteiger partial charge >= 0.3 is 6.29 Å². The van der Waals surface area contributed by atoms with Gasteiger partial charge in [-0.25, -0.2) is 0 Å². The molecule has 1 aromatic heterocycles. The highest BCUT2D eigenvalue weighted by Crippen LogP contribution is 2.41. The molecule has 7 heteroatoms. The fourth-order valence-corrected chi connectivity index (χ4v) is 3.24. The lowest BCUT2D eigenvalue weighted by Crippen LogP contribution is -2.36. The average molecular weight is 346 g/mol. The van der Waals surface area contributed by atoms with E-state index >= 15 is 0 Å². The van der Waals surface area contributed by atoms with Crippen LogP contribution in [0.1, 0.15) is 34.5 Å². The van der Waals surface area contributed by atoms with Crippen molar-refractivity contribution in [2.75, 3.05) is 0 Å². The minimum atomic E-state index is -3.69. The average Bonchev–Trinajstić information content (AvgIpc) is 2.74. The van der Waals surface area contributed by atoms with Gasteiger partial charge in [-0.2, -0.15) is 0 Å². The smallest absolute Gasteiger partial charge is 0.395 e. The Hall–Kier alpha value is -2.70. The quantitative estimate of drug-likeness (QED) is 0.849. The first-order chi connectivity index (χ1) is 12.0. The zero-order valence-corrected chi connectivity index (χ0v) is 13.3. The maximum atomic E-state index is 13.1. The molecule has 2 heterocycles. The molecule has 5 nitrogen and oxygen atoms in total. The second kappa shape index (κ2) is 5.98. The third-order valence-electron chi connectivity index (χ3n) is 4.42. The molecule has 0 spiro atoms. The van der Waals surface area contributed by atoms with Gasteiger partial charge in [0.2, 0.25) is 0 Å². The monoisotopic (exact) mass is 346 g/mol.